The molecule has 0 radical (unpaired) electrons. The number of para-hydroxylation sites is 2. The van der Waals surface area contributed by atoms with E-state index in [2.05, 4.69) is 68.2 Å². The maximum Gasteiger partial charge on any atom is 0.418 e. The second-order valence-electron chi connectivity index (χ2n) is 17.9. The van der Waals surface area contributed by atoms with Crippen molar-refractivity contribution in [3.63, 3.8) is 0 Å². The molecule has 73 heavy (non-hydrogen) atoms. The molecule has 0 saturated carbocycles. The van der Waals surface area contributed by atoms with Gasteiger partial charge in [0, 0.05) is 47.7 Å². The zero-order valence-corrected chi connectivity index (χ0v) is 44.7. The minimum atomic E-state index is -4.53. The van der Waals surface area contributed by atoms with Crippen LogP contribution in [0, 0.1) is 5.41 Å². The molecule has 3 aliphatic rings. The normalized spacial score (nSPS) is 17.7. The maximum atomic E-state index is 13.2. The summed E-state index contributed by atoms with van der Waals surface area (Å²) in [5.74, 6) is -1.08. The smallest absolute Gasteiger partial charge is 0.418 e. The molecule has 378 valence electrons. The summed E-state index contributed by atoms with van der Waals surface area (Å²) in [6.45, 7) is 7.64. The van der Waals surface area contributed by atoms with Crippen LogP contribution in [-0.4, -0.2) is 19.6 Å². The van der Waals surface area contributed by atoms with Gasteiger partial charge in [0.1, 0.15) is 22.4 Å². The number of aliphatic carboxylic acids is 1. The fourth-order valence-electron chi connectivity index (χ4n) is 8.64. The monoisotopic (exact) mass is 1110 g/mol. The van der Waals surface area contributed by atoms with Gasteiger partial charge in [-0.3, -0.25) is 0 Å². The van der Waals surface area contributed by atoms with E-state index >= 15 is 0 Å². The van der Waals surface area contributed by atoms with Gasteiger partial charge in [0.15, 0.2) is 6.54 Å². The number of benzene rings is 4. The Labute approximate surface area is 445 Å². The van der Waals surface area contributed by atoms with Crippen LogP contribution < -0.4 is 24.0 Å². The maximum absolute atomic E-state index is 13.2. The lowest BCUT2D eigenvalue weighted by Crippen LogP contribution is -2.44. The SMILES string of the molecule is CCN1C(=CC2=CC(=CC=Cc3sc4ccccc4[n+]3CC(=O)[O-])CC(C)(C)C2)Sc2ccccc21.CN1/C(=C/C=C/C=C/C=C/c2sc3cc(Cl)c(C(F)(F)F)cc3[n+]2C)Sc2cc(Cl)c(C(F)(F)F)cc21. The fourth-order valence-corrected chi connectivity index (χ4v) is 13.8. The van der Waals surface area contributed by atoms with Crippen LogP contribution in [0.2, 0.25) is 10.0 Å². The predicted molar refractivity (Wildman–Crippen MR) is 288 cm³/mol. The summed E-state index contributed by atoms with van der Waals surface area (Å²) in [6.07, 6.45) is 16.2. The first kappa shape index (κ1) is 53.8. The summed E-state index contributed by atoms with van der Waals surface area (Å²) in [5, 5.41) is 14.3. The van der Waals surface area contributed by atoms with Crippen LogP contribution in [0.4, 0.5) is 37.7 Å². The zero-order chi connectivity index (χ0) is 52.4. The Morgan fingerprint density at radius 1 is 0.740 bits per heavy atom. The number of carboxylic acid groups (broad SMARTS) is 1. The Balaban J connectivity index is 0.000000195. The summed E-state index contributed by atoms with van der Waals surface area (Å²) in [4.78, 5) is 17.4. The van der Waals surface area contributed by atoms with Gasteiger partial charge < -0.3 is 19.7 Å². The van der Waals surface area contributed by atoms with Gasteiger partial charge in [-0.2, -0.15) is 35.5 Å². The number of hydrogen-bond donors (Lipinski definition) is 0. The Morgan fingerprint density at radius 3 is 2.12 bits per heavy atom. The Morgan fingerprint density at radius 2 is 1.38 bits per heavy atom. The molecule has 0 atom stereocenters. The third kappa shape index (κ3) is 12.5. The van der Waals surface area contributed by atoms with E-state index in [1.165, 1.54) is 62.0 Å². The molecule has 2 aromatic heterocycles. The summed E-state index contributed by atoms with van der Waals surface area (Å²) < 4.78 is 84.1. The minimum Gasteiger partial charge on any atom is -0.544 e. The van der Waals surface area contributed by atoms with E-state index in [4.69, 9.17) is 23.2 Å². The van der Waals surface area contributed by atoms with Gasteiger partial charge in [0.05, 0.1) is 42.6 Å². The molecule has 9 rings (SSSR count). The molecule has 0 unspecified atom stereocenters. The lowest BCUT2D eigenvalue weighted by atomic mass is 9.75. The van der Waals surface area contributed by atoms with Gasteiger partial charge >= 0.3 is 12.4 Å². The second-order valence-corrected chi connectivity index (χ2v) is 23.0. The molecule has 0 fully saturated rings. The highest BCUT2D eigenvalue weighted by Crippen LogP contribution is 2.50. The highest BCUT2D eigenvalue weighted by atomic mass is 35.5. The van der Waals surface area contributed by atoms with Crippen molar-refractivity contribution in [2.24, 2.45) is 12.5 Å². The second kappa shape index (κ2) is 22.2. The van der Waals surface area contributed by atoms with Crippen LogP contribution in [0.3, 0.4) is 0 Å². The van der Waals surface area contributed by atoms with Crippen molar-refractivity contribution in [1.82, 2.24) is 0 Å². The number of halogens is 8. The van der Waals surface area contributed by atoms with Crippen molar-refractivity contribution >= 4 is 119 Å². The highest BCUT2D eigenvalue weighted by Gasteiger charge is 2.37. The minimum absolute atomic E-state index is 0.154. The van der Waals surface area contributed by atoms with Gasteiger partial charge in [-0.25, -0.2) is 0 Å². The summed E-state index contributed by atoms with van der Waals surface area (Å²) >= 11 is 17.7. The van der Waals surface area contributed by atoms with Crippen LogP contribution in [0.1, 0.15) is 54.8 Å². The predicted octanol–water partition coefficient (Wildman–Crippen LogP) is 15.4. The molecule has 6 nitrogen and oxygen atoms in total. The van der Waals surface area contributed by atoms with E-state index in [0.29, 0.717) is 20.8 Å². The average Bonchev–Trinajstić information content (AvgIpc) is 4.03. The zero-order valence-electron chi connectivity index (χ0n) is 39.9. The van der Waals surface area contributed by atoms with Crippen LogP contribution in [0.15, 0.2) is 165 Å². The highest BCUT2D eigenvalue weighted by molar-refractivity contribution is 8.04. The summed E-state index contributed by atoms with van der Waals surface area (Å²) in [6, 6.07) is 21.2. The first-order chi connectivity index (χ1) is 34.6. The lowest BCUT2D eigenvalue weighted by molar-refractivity contribution is -0.663. The number of rotatable bonds is 10. The molecule has 0 bridgehead atoms. The molecule has 0 amide bonds. The molecule has 4 heterocycles. The number of alkyl halides is 6. The van der Waals surface area contributed by atoms with Crippen molar-refractivity contribution in [3.8, 4) is 0 Å². The molecule has 18 heteroatoms. The number of nitrogens with zero attached hydrogens (tertiary/aromatic N) is 4. The third-order valence-electron chi connectivity index (χ3n) is 11.9. The van der Waals surface area contributed by atoms with E-state index in [1.54, 1.807) is 77.4 Å². The molecule has 2 aliphatic heterocycles. The number of thioether (sulfide) groups is 2. The molecule has 0 saturated heterocycles. The summed E-state index contributed by atoms with van der Waals surface area (Å²) in [7, 11) is 3.36. The van der Waals surface area contributed by atoms with Gasteiger partial charge in [0.25, 0.3) is 10.0 Å². The van der Waals surface area contributed by atoms with E-state index in [0.717, 1.165) is 56.8 Å². The number of aryl methyl sites for hydroxylation is 1. The largest absolute Gasteiger partial charge is 0.544 e. The molecule has 1 aliphatic carbocycles. The first-order valence-corrected chi connectivity index (χ1v) is 26.8. The molecule has 0 spiro atoms. The Bertz CT molecular complexity index is 3380. The topological polar surface area (TPSA) is 54.4 Å². The van der Waals surface area contributed by atoms with Crippen LogP contribution in [0.25, 0.3) is 32.6 Å². The van der Waals surface area contributed by atoms with Crippen molar-refractivity contribution in [2.75, 3.05) is 23.4 Å². The fraction of sp³-hybridized carbons (Fsp3) is 0.218. The number of fused-ring (bicyclic) bond motifs is 4. The van der Waals surface area contributed by atoms with E-state index in [1.807, 2.05) is 52.7 Å². The lowest BCUT2D eigenvalue weighted by Gasteiger charge is -2.31. The Hall–Kier alpha value is -5.49. The van der Waals surface area contributed by atoms with Gasteiger partial charge in [-0.05, 0) is 84.9 Å². The summed E-state index contributed by atoms with van der Waals surface area (Å²) in [5.41, 5.74) is 4.12. The van der Waals surface area contributed by atoms with Crippen molar-refractivity contribution in [3.05, 3.63) is 186 Å². The van der Waals surface area contributed by atoms with Gasteiger partial charge in [0.2, 0.25) is 11.0 Å². The van der Waals surface area contributed by atoms with Crippen LogP contribution in [0.5, 0.6) is 0 Å². The molecule has 6 aromatic rings. The number of aromatic nitrogens is 2. The number of anilines is 2. The average molecular weight is 1110 g/mol. The number of carboxylic acids is 1. The third-order valence-corrected chi connectivity index (χ3v) is 17.1. The molecule has 0 N–H and O–H groups in total. The first-order valence-electron chi connectivity index (χ1n) is 22.8. The number of hydrogen-bond acceptors (Lipinski definition) is 8. The van der Waals surface area contributed by atoms with Gasteiger partial charge in [-0.1, -0.05) is 156 Å². The van der Waals surface area contributed by atoms with E-state index in [9.17, 15) is 36.2 Å². The Kier molecular flexibility index (Phi) is 16.3. The van der Waals surface area contributed by atoms with Crippen LogP contribution >= 0.6 is 69.4 Å². The standard InChI is InChI=1S/C30H30N2O2S2.C25H17Cl2F6N2S2/c1-4-31-23-11-5-7-13-25(23)36-28(31)17-22-16-21(18-30(2,3)19-22)10-9-15-27-32(20-29(33)34)24-12-6-8-14-26(24)35-27;1-34-18-10-14(24(28,29)30)16(26)12-20(18)36-22(34)8-6-4-3-5-7-9-23-35(2)19-11-15(25(31,32)33)17(27)13-21(19)37-23/h5-17H,4,18-20H2,1-3H3;3-13H,1-2H3/q;+1. The van der Waals surface area contributed by atoms with E-state index in [-0.39, 0.29) is 22.0 Å². The van der Waals surface area contributed by atoms with Crippen molar-refractivity contribution in [2.45, 2.75) is 62.3 Å². The molecular weight excluding hydrogens is 1060 g/mol. The van der Waals surface area contributed by atoms with Crippen molar-refractivity contribution < 1.29 is 45.4 Å². The number of allylic oxidation sites excluding steroid dienone is 12. The molecule has 4 aromatic carbocycles. The van der Waals surface area contributed by atoms with E-state index < -0.39 is 29.4 Å². The number of carbonyl (C=O) groups excluding carboxylic acids is 1. The van der Waals surface area contributed by atoms with Crippen LogP contribution in [-0.2, 0) is 30.7 Å². The number of thiazole rings is 2. The molecular formula is C55H47Cl2F6N4O2S4+. The quantitative estimate of drug-likeness (QED) is 0.0774. The number of carbonyl (C=O) groups is 1. The van der Waals surface area contributed by atoms with Gasteiger partial charge in [-0.15, -0.1) is 0 Å². The van der Waals surface area contributed by atoms with Crippen molar-refractivity contribution in [1.29, 1.82) is 0 Å².